The van der Waals surface area contributed by atoms with Gasteiger partial charge in [0.05, 0.1) is 19.3 Å². The summed E-state index contributed by atoms with van der Waals surface area (Å²) in [5.41, 5.74) is 1.69. The Morgan fingerprint density at radius 2 is 1.96 bits per heavy atom. The van der Waals surface area contributed by atoms with Crippen LogP contribution in [0.15, 0.2) is 41.2 Å². The molecule has 1 amide bonds. The first kappa shape index (κ1) is 16.7. The number of carbonyl (C=O) groups is 1. The predicted octanol–water partition coefficient (Wildman–Crippen LogP) is 1.31. The van der Waals surface area contributed by atoms with E-state index in [2.05, 4.69) is 10.4 Å². The lowest BCUT2D eigenvalue weighted by Gasteiger charge is -2.07. The molecule has 6 nitrogen and oxygen atoms in total. The molecule has 2 aromatic rings. The van der Waals surface area contributed by atoms with Gasteiger partial charge in [-0.1, -0.05) is 12.1 Å². The Balaban J connectivity index is 1.74. The van der Waals surface area contributed by atoms with Crippen LogP contribution in [0.3, 0.4) is 0 Å². The summed E-state index contributed by atoms with van der Waals surface area (Å²) in [5, 5.41) is 6.93. The molecule has 0 aliphatic rings. The Hall–Kier alpha value is -2.63. The monoisotopic (exact) mass is 315 g/mol. The summed E-state index contributed by atoms with van der Waals surface area (Å²) < 4.78 is 6.46. The third-order valence-electron chi connectivity index (χ3n) is 3.45. The van der Waals surface area contributed by atoms with Crippen LogP contribution in [0.2, 0.25) is 0 Å². The van der Waals surface area contributed by atoms with Gasteiger partial charge in [0.15, 0.2) is 0 Å². The molecule has 0 spiro atoms. The van der Waals surface area contributed by atoms with Crippen molar-refractivity contribution in [3.63, 3.8) is 0 Å². The highest BCUT2D eigenvalue weighted by atomic mass is 16.5. The van der Waals surface area contributed by atoms with Gasteiger partial charge in [0.25, 0.3) is 5.56 Å². The molecule has 0 bridgehead atoms. The lowest BCUT2D eigenvalue weighted by molar-refractivity contribution is -0.121. The third kappa shape index (κ3) is 5.25. The van der Waals surface area contributed by atoms with Gasteiger partial charge in [-0.3, -0.25) is 9.59 Å². The van der Waals surface area contributed by atoms with Gasteiger partial charge in [-0.25, -0.2) is 4.68 Å². The number of hydrogen-bond donors (Lipinski definition) is 1. The molecule has 122 valence electrons. The summed E-state index contributed by atoms with van der Waals surface area (Å²) in [4.78, 5) is 23.4. The van der Waals surface area contributed by atoms with Gasteiger partial charge in [-0.05, 0) is 37.1 Å². The average molecular weight is 315 g/mol. The fraction of sp³-hybridized carbons (Fsp3) is 0.353. The molecule has 0 fully saturated rings. The fourth-order valence-electron chi connectivity index (χ4n) is 2.15. The van der Waals surface area contributed by atoms with E-state index in [1.165, 1.54) is 10.7 Å². The number of carbonyl (C=O) groups excluding carboxylic acids is 1. The summed E-state index contributed by atoms with van der Waals surface area (Å²) in [5.74, 6) is 0.760. The van der Waals surface area contributed by atoms with E-state index in [0.29, 0.717) is 25.9 Å². The van der Waals surface area contributed by atoms with Crippen molar-refractivity contribution in [1.29, 1.82) is 0 Å². The highest BCUT2D eigenvalue weighted by Crippen LogP contribution is 2.12. The van der Waals surface area contributed by atoms with E-state index < -0.39 is 0 Å². The zero-order valence-corrected chi connectivity index (χ0v) is 13.4. The number of rotatable bonds is 7. The van der Waals surface area contributed by atoms with Crippen molar-refractivity contribution in [2.24, 2.45) is 0 Å². The van der Waals surface area contributed by atoms with Crippen molar-refractivity contribution >= 4 is 5.91 Å². The number of hydrogen-bond acceptors (Lipinski definition) is 4. The van der Waals surface area contributed by atoms with E-state index in [1.807, 2.05) is 31.2 Å². The first-order valence-electron chi connectivity index (χ1n) is 7.53. The van der Waals surface area contributed by atoms with Crippen molar-refractivity contribution in [2.75, 3.05) is 13.7 Å². The summed E-state index contributed by atoms with van der Waals surface area (Å²) >= 11 is 0. The Morgan fingerprint density at radius 3 is 2.65 bits per heavy atom. The molecule has 1 aromatic carbocycles. The van der Waals surface area contributed by atoms with Crippen molar-refractivity contribution in [1.82, 2.24) is 15.1 Å². The number of methoxy groups -OCH3 is 1. The van der Waals surface area contributed by atoms with Crippen LogP contribution in [0.5, 0.6) is 5.75 Å². The zero-order valence-electron chi connectivity index (χ0n) is 13.4. The maximum atomic E-state index is 11.8. The highest BCUT2D eigenvalue weighted by molar-refractivity contribution is 5.76. The van der Waals surface area contributed by atoms with Gasteiger partial charge in [-0.15, -0.1) is 0 Å². The maximum absolute atomic E-state index is 11.8. The molecule has 6 heteroatoms. The number of nitrogens with one attached hydrogen (secondary N) is 1. The Bertz CT molecular complexity index is 708. The maximum Gasteiger partial charge on any atom is 0.266 e. The number of ether oxygens (including phenoxy) is 1. The molecule has 0 aliphatic heterocycles. The topological polar surface area (TPSA) is 73.2 Å². The van der Waals surface area contributed by atoms with E-state index in [4.69, 9.17) is 4.74 Å². The highest BCUT2D eigenvalue weighted by Gasteiger charge is 2.03. The average Bonchev–Trinajstić information content (AvgIpc) is 2.56. The largest absolute Gasteiger partial charge is 0.497 e. The van der Waals surface area contributed by atoms with Crippen molar-refractivity contribution < 1.29 is 9.53 Å². The predicted molar refractivity (Wildman–Crippen MR) is 87.6 cm³/mol. The fourth-order valence-corrected chi connectivity index (χ4v) is 2.15. The minimum Gasteiger partial charge on any atom is -0.497 e. The van der Waals surface area contributed by atoms with Crippen LogP contribution in [0.25, 0.3) is 0 Å². The zero-order chi connectivity index (χ0) is 16.7. The van der Waals surface area contributed by atoms with Gasteiger partial charge in [-0.2, -0.15) is 5.10 Å². The van der Waals surface area contributed by atoms with Crippen LogP contribution >= 0.6 is 0 Å². The quantitative estimate of drug-likeness (QED) is 0.836. The van der Waals surface area contributed by atoms with Crippen LogP contribution in [0, 0.1) is 6.92 Å². The Labute approximate surface area is 135 Å². The number of aryl methyl sites for hydroxylation is 2. The van der Waals surface area contributed by atoms with Crippen molar-refractivity contribution in [3.05, 3.63) is 58.0 Å². The van der Waals surface area contributed by atoms with Crippen LogP contribution in [-0.2, 0) is 17.8 Å². The molecule has 0 saturated carbocycles. The van der Waals surface area contributed by atoms with Crippen LogP contribution in [-0.4, -0.2) is 29.3 Å². The van der Waals surface area contributed by atoms with Crippen molar-refractivity contribution in [3.8, 4) is 5.75 Å². The normalized spacial score (nSPS) is 10.3. The summed E-state index contributed by atoms with van der Waals surface area (Å²) in [6, 6.07) is 10.8. The first-order valence-corrected chi connectivity index (χ1v) is 7.53. The summed E-state index contributed by atoms with van der Waals surface area (Å²) in [7, 11) is 1.62. The van der Waals surface area contributed by atoms with Gasteiger partial charge in [0.1, 0.15) is 5.75 Å². The molecule has 0 saturated heterocycles. The number of aromatic nitrogens is 2. The molecule has 0 radical (unpaired) electrons. The second-order valence-electron chi connectivity index (χ2n) is 5.23. The SMILES string of the molecule is COc1ccc(CCC(=O)NCCn2nc(C)ccc2=O)cc1. The molecule has 1 N–H and O–H groups in total. The van der Waals surface area contributed by atoms with E-state index in [9.17, 15) is 9.59 Å². The summed E-state index contributed by atoms with van der Waals surface area (Å²) in [6.07, 6.45) is 1.07. The van der Waals surface area contributed by atoms with Gasteiger partial charge in [0.2, 0.25) is 5.91 Å². The van der Waals surface area contributed by atoms with Crippen LogP contribution in [0.1, 0.15) is 17.7 Å². The number of amides is 1. The van der Waals surface area contributed by atoms with E-state index >= 15 is 0 Å². The molecular formula is C17H21N3O3. The van der Waals surface area contributed by atoms with Gasteiger partial charge >= 0.3 is 0 Å². The third-order valence-corrected chi connectivity index (χ3v) is 3.45. The van der Waals surface area contributed by atoms with E-state index in [1.54, 1.807) is 13.2 Å². The lowest BCUT2D eigenvalue weighted by atomic mass is 10.1. The minimum atomic E-state index is -0.164. The molecule has 0 aliphatic carbocycles. The first-order chi connectivity index (χ1) is 11.1. The van der Waals surface area contributed by atoms with Crippen LogP contribution < -0.4 is 15.6 Å². The molecule has 0 atom stereocenters. The smallest absolute Gasteiger partial charge is 0.266 e. The Morgan fingerprint density at radius 1 is 1.22 bits per heavy atom. The van der Waals surface area contributed by atoms with E-state index in [-0.39, 0.29) is 11.5 Å². The molecule has 1 aromatic heterocycles. The molecule has 0 unspecified atom stereocenters. The molecule has 23 heavy (non-hydrogen) atoms. The second kappa shape index (κ2) is 8.12. The standard InChI is InChI=1S/C17H21N3O3/c1-13-3-10-17(22)20(19-13)12-11-18-16(21)9-6-14-4-7-15(23-2)8-5-14/h3-5,7-8,10H,6,9,11-12H2,1-2H3,(H,18,21). The molecule has 2 rings (SSSR count). The molecular weight excluding hydrogens is 294 g/mol. The summed E-state index contributed by atoms with van der Waals surface area (Å²) in [6.45, 7) is 2.58. The number of benzene rings is 1. The minimum absolute atomic E-state index is 0.0403. The Kier molecular flexibility index (Phi) is 5.91. The number of nitrogens with zero attached hydrogens (tertiary/aromatic N) is 2. The molecule has 1 heterocycles. The van der Waals surface area contributed by atoms with E-state index in [0.717, 1.165) is 17.0 Å². The van der Waals surface area contributed by atoms with Crippen molar-refractivity contribution in [2.45, 2.75) is 26.3 Å². The van der Waals surface area contributed by atoms with Gasteiger partial charge in [0, 0.05) is 19.0 Å². The van der Waals surface area contributed by atoms with Crippen LogP contribution in [0.4, 0.5) is 0 Å². The lowest BCUT2D eigenvalue weighted by Crippen LogP contribution is -2.32. The second-order valence-corrected chi connectivity index (χ2v) is 5.23. The van der Waals surface area contributed by atoms with Gasteiger partial charge < -0.3 is 10.1 Å².